The second-order valence-electron chi connectivity index (χ2n) is 11.2. The number of imidazole rings is 1. The summed E-state index contributed by atoms with van der Waals surface area (Å²) in [5.74, 6) is -1.48. The molecule has 3 fully saturated rings. The van der Waals surface area contributed by atoms with Gasteiger partial charge in [-0.1, -0.05) is 12.8 Å². The fraction of sp³-hybridized carbons (Fsp3) is 0.552. The summed E-state index contributed by atoms with van der Waals surface area (Å²) >= 11 is 1.37. The number of nitrogens with two attached hydrogens (primary N) is 1. The average molecular weight is 605 g/mol. The van der Waals surface area contributed by atoms with Crippen molar-refractivity contribution in [2.75, 3.05) is 30.4 Å². The van der Waals surface area contributed by atoms with Crippen LogP contribution in [-0.2, 0) is 16.5 Å². The first kappa shape index (κ1) is 30.1. The summed E-state index contributed by atoms with van der Waals surface area (Å²) in [6, 6.07) is 8.46. The van der Waals surface area contributed by atoms with Gasteiger partial charge in [0.2, 0.25) is 5.92 Å². The molecule has 13 heteroatoms. The van der Waals surface area contributed by atoms with Crippen LogP contribution in [0, 0.1) is 0 Å². The Morgan fingerprint density at radius 2 is 1.76 bits per heavy atom. The zero-order chi connectivity index (χ0) is 29.9. The third kappa shape index (κ3) is 7.00. The summed E-state index contributed by atoms with van der Waals surface area (Å²) in [5.41, 5.74) is 9.12. The Balaban J connectivity index is 0.000000652. The number of halogens is 2. The molecule has 42 heavy (non-hydrogen) atoms. The number of hydrogen-bond acceptors (Lipinski definition) is 8. The molecule has 1 amide bonds. The summed E-state index contributed by atoms with van der Waals surface area (Å²) in [5, 5.41) is 3.36. The molecule has 3 aliphatic rings. The van der Waals surface area contributed by atoms with Gasteiger partial charge in [-0.15, -0.1) is 0 Å². The number of aryl methyl sites for hydroxylation is 1. The molecule has 2 aromatic heterocycles. The monoisotopic (exact) mass is 604 g/mol. The van der Waals surface area contributed by atoms with E-state index in [2.05, 4.69) is 37.6 Å². The van der Waals surface area contributed by atoms with Gasteiger partial charge in [0.05, 0.1) is 24.3 Å². The van der Waals surface area contributed by atoms with E-state index in [4.69, 9.17) is 4.74 Å². The normalized spacial score (nSPS) is 19.1. The molecule has 1 aromatic carbocycles. The Morgan fingerprint density at radius 1 is 1.10 bits per heavy atom. The molecule has 0 bridgehead atoms. The van der Waals surface area contributed by atoms with Crippen molar-refractivity contribution in [3.63, 3.8) is 0 Å². The highest BCUT2D eigenvalue weighted by Crippen LogP contribution is 2.44. The molecule has 0 radical (unpaired) electrons. The zero-order valence-corrected chi connectivity index (χ0v) is 24.7. The van der Waals surface area contributed by atoms with Gasteiger partial charge in [0.15, 0.2) is 0 Å². The maximum absolute atomic E-state index is 13.3. The van der Waals surface area contributed by atoms with E-state index in [0.717, 1.165) is 74.1 Å². The molecule has 1 aliphatic heterocycles. The van der Waals surface area contributed by atoms with Crippen molar-refractivity contribution in [3.8, 4) is 0 Å². The van der Waals surface area contributed by atoms with Crippen LogP contribution in [-0.4, -0.2) is 51.7 Å². The number of benzene rings is 1. The molecular formula is C29H38F2N6O4S. The number of fused-ring (bicyclic) bond motifs is 1. The number of carbonyl (C=O) groups is 1. The largest absolute Gasteiger partial charge is 0.453 e. The SMILES string of the molecule is COC(N)=O.Cn1c(=O)n(C2CCCC2)c2cc(Nc3cc(NSC4CC(F)(F)C4)cc(C4CCOCC4)c3)ncc21. The summed E-state index contributed by atoms with van der Waals surface area (Å²) in [4.78, 5) is 27.0. The van der Waals surface area contributed by atoms with Crippen LogP contribution in [0.3, 0.4) is 0 Å². The molecule has 228 valence electrons. The number of pyridine rings is 1. The number of primary amides is 1. The number of rotatable bonds is 7. The van der Waals surface area contributed by atoms with E-state index in [-0.39, 0.29) is 29.8 Å². The van der Waals surface area contributed by atoms with Gasteiger partial charge in [-0.2, -0.15) is 0 Å². The molecule has 4 N–H and O–H groups in total. The maximum Gasteiger partial charge on any atom is 0.404 e. The Kier molecular flexibility index (Phi) is 9.26. The van der Waals surface area contributed by atoms with Gasteiger partial charge < -0.3 is 25.2 Å². The zero-order valence-electron chi connectivity index (χ0n) is 23.9. The molecule has 0 unspecified atom stereocenters. The van der Waals surface area contributed by atoms with Crippen molar-refractivity contribution in [1.82, 2.24) is 14.1 Å². The standard InChI is InChI=1S/C27H33F2N5O2S.C2H5NO2/c1-33-24-16-30-25(13-23(24)34(26(33)35)21-4-2-3-5-21)31-19-10-18(17-6-8-36-9-7-17)11-20(12-19)32-37-22-14-27(28,29)15-22;1-5-2(3)4/h10-13,16-17,21-22,32H,2-9,14-15H2,1H3,(H,30,31);1H3,(H2,3,4). The third-order valence-electron chi connectivity index (χ3n) is 8.18. The van der Waals surface area contributed by atoms with Crippen LogP contribution >= 0.6 is 11.9 Å². The summed E-state index contributed by atoms with van der Waals surface area (Å²) in [6.07, 6.45) is 7.10. The first-order valence-electron chi connectivity index (χ1n) is 14.3. The van der Waals surface area contributed by atoms with Crippen LogP contribution < -0.4 is 21.5 Å². The van der Waals surface area contributed by atoms with Crippen molar-refractivity contribution < 1.29 is 23.0 Å². The Bertz CT molecular complexity index is 1460. The molecule has 2 aliphatic carbocycles. The molecular weight excluding hydrogens is 566 g/mol. The number of nitrogens with zero attached hydrogens (tertiary/aromatic N) is 3. The van der Waals surface area contributed by atoms with Gasteiger partial charge >= 0.3 is 11.8 Å². The van der Waals surface area contributed by atoms with Gasteiger partial charge in [0.25, 0.3) is 0 Å². The fourth-order valence-corrected chi connectivity index (χ4v) is 6.95. The van der Waals surface area contributed by atoms with Gasteiger partial charge in [-0.3, -0.25) is 9.13 Å². The van der Waals surface area contributed by atoms with Crippen molar-refractivity contribution in [3.05, 3.63) is 46.5 Å². The lowest BCUT2D eigenvalue weighted by Crippen LogP contribution is -2.38. The van der Waals surface area contributed by atoms with E-state index < -0.39 is 12.0 Å². The van der Waals surface area contributed by atoms with Crippen LogP contribution in [0.5, 0.6) is 0 Å². The lowest BCUT2D eigenvalue weighted by atomic mass is 9.91. The quantitative estimate of drug-likeness (QED) is 0.278. The predicted octanol–water partition coefficient (Wildman–Crippen LogP) is 6.06. The lowest BCUT2D eigenvalue weighted by Gasteiger charge is -2.34. The fourth-order valence-electron chi connectivity index (χ4n) is 5.88. The molecule has 0 atom stereocenters. The van der Waals surface area contributed by atoms with E-state index in [0.29, 0.717) is 11.7 Å². The van der Waals surface area contributed by atoms with Crippen molar-refractivity contribution in [1.29, 1.82) is 0 Å². The van der Waals surface area contributed by atoms with E-state index in [1.807, 2.05) is 16.7 Å². The third-order valence-corrected chi connectivity index (χ3v) is 9.20. The smallest absolute Gasteiger partial charge is 0.404 e. The molecule has 3 aromatic rings. The van der Waals surface area contributed by atoms with Crippen LogP contribution in [0.15, 0.2) is 35.3 Å². The van der Waals surface area contributed by atoms with Gasteiger partial charge in [-0.25, -0.2) is 23.4 Å². The number of nitrogens with one attached hydrogen (secondary N) is 2. The number of hydrogen-bond donors (Lipinski definition) is 3. The molecule has 1 saturated heterocycles. The van der Waals surface area contributed by atoms with Gasteiger partial charge in [-0.05, 0) is 67.3 Å². The molecule has 6 rings (SSSR count). The van der Waals surface area contributed by atoms with E-state index in [9.17, 15) is 18.4 Å². The van der Waals surface area contributed by atoms with E-state index in [1.165, 1.54) is 24.6 Å². The van der Waals surface area contributed by atoms with Gasteiger partial charge in [0, 0.05) is 61.8 Å². The Morgan fingerprint density at radius 3 is 2.40 bits per heavy atom. The van der Waals surface area contributed by atoms with Crippen molar-refractivity contribution >= 4 is 46.3 Å². The van der Waals surface area contributed by atoms with Crippen LogP contribution in [0.25, 0.3) is 11.0 Å². The van der Waals surface area contributed by atoms with Crippen LogP contribution in [0.2, 0.25) is 0 Å². The van der Waals surface area contributed by atoms with Crippen molar-refractivity contribution in [2.45, 2.75) is 74.5 Å². The minimum Gasteiger partial charge on any atom is -0.453 e. The molecule has 0 spiro atoms. The second kappa shape index (κ2) is 12.9. The number of ether oxygens (including phenoxy) is 2. The predicted molar refractivity (Wildman–Crippen MR) is 161 cm³/mol. The van der Waals surface area contributed by atoms with E-state index >= 15 is 0 Å². The van der Waals surface area contributed by atoms with Crippen LogP contribution in [0.1, 0.15) is 68.9 Å². The molecule has 3 heterocycles. The van der Waals surface area contributed by atoms with Gasteiger partial charge in [0.1, 0.15) is 5.82 Å². The number of aromatic nitrogens is 3. The Hall–Kier alpha value is -3.32. The number of anilines is 3. The highest BCUT2D eigenvalue weighted by Gasteiger charge is 2.45. The lowest BCUT2D eigenvalue weighted by molar-refractivity contribution is -0.0666. The summed E-state index contributed by atoms with van der Waals surface area (Å²) in [6.45, 7) is 1.48. The molecule has 2 saturated carbocycles. The number of methoxy groups -OCH3 is 1. The summed E-state index contributed by atoms with van der Waals surface area (Å²) < 4.78 is 43.0. The van der Waals surface area contributed by atoms with Crippen molar-refractivity contribution in [2.24, 2.45) is 12.8 Å². The highest BCUT2D eigenvalue weighted by atomic mass is 32.2. The number of alkyl halides is 2. The maximum atomic E-state index is 13.3. The van der Waals surface area contributed by atoms with E-state index in [1.54, 1.807) is 17.8 Å². The first-order valence-corrected chi connectivity index (χ1v) is 15.2. The topological polar surface area (TPSA) is 125 Å². The first-order chi connectivity index (χ1) is 20.1. The Labute approximate surface area is 247 Å². The minimum absolute atomic E-state index is 0.00690. The summed E-state index contributed by atoms with van der Waals surface area (Å²) in [7, 11) is 3.03. The minimum atomic E-state index is -2.53. The number of carbonyl (C=O) groups excluding carboxylic acids is 1. The second-order valence-corrected chi connectivity index (χ2v) is 12.3. The average Bonchev–Trinajstić information content (AvgIpc) is 3.57. The van der Waals surface area contributed by atoms with Crippen LogP contribution in [0.4, 0.5) is 30.8 Å². The highest BCUT2D eigenvalue weighted by molar-refractivity contribution is 8.01. The molecule has 10 nitrogen and oxygen atoms in total. The number of amides is 1.